The Bertz CT molecular complexity index is 418. The van der Waals surface area contributed by atoms with Crippen LogP contribution in [-0.2, 0) is 14.3 Å². The molecule has 1 rings (SSSR count). The molecule has 0 saturated heterocycles. The van der Waals surface area contributed by atoms with Gasteiger partial charge < -0.3 is 20.0 Å². The Morgan fingerprint density at radius 3 is 2.44 bits per heavy atom. The van der Waals surface area contributed by atoms with Crippen LogP contribution in [0.4, 0.5) is 0 Å². The van der Waals surface area contributed by atoms with Gasteiger partial charge in [-0.05, 0) is 32.9 Å². The normalized spacial score (nSPS) is 14.9. The van der Waals surface area contributed by atoms with Crippen molar-refractivity contribution in [2.75, 3.05) is 0 Å². The van der Waals surface area contributed by atoms with E-state index in [1.807, 2.05) is 0 Å². The highest BCUT2D eigenvalue weighted by atomic mass is 16.6. The van der Waals surface area contributed by atoms with Crippen LogP contribution in [0.1, 0.15) is 32.6 Å². The fourth-order valence-corrected chi connectivity index (χ4v) is 1.41. The van der Waals surface area contributed by atoms with Gasteiger partial charge in [-0.3, -0.25) is 9.59 Å². The number of carboxylic acids is 1. The average Bonchev–Trinajstić information content (AvgIpc) is 2.65. The number of ether oxygens (including phenoxy) is 1. The Morgan fingerprint density at radius 2 is 2.06 bits per heavy atom. The second-order valence-electron chi connectivity index (χ2n) is 4.89. The van der Waals surface area contributed by atoms with Gasteiger partial charge in [0.2, 0.25) is 0 Å². The molecule has 1 unspecified atom stereocenters. The van der Waals surface area contributed by atoms with Gasteiger partial charge in [0.05, 0.1) is 12.3 Å². The molecule has 0 fully saturated rings. The first kappa shape index (κ1) is 14.2. The minimum atomic E-state index is -1.49. The molecule has 0 aliphatic carbocycles. The summed E-state index contributed by atoms with van der Waals surface area (Å²) < 4.78 is 10.0. The third kappa shape index (κ3) is 3.59. The van der Waals surface area contributed by atoms with Gasteiger partial charge in [0.15, 0.2) is 5.92 Å². The number of carbonyl (C=O) groups excluding carboxylic acids is 1. The highest BCUT2D eigenvalue weighted by Gasteiger charge is 2.38. The van der Waals surface area contributed by atoms with Crippen molar-refractivity contribution in [3.63, 3.8) is 0 Å². The van der Waals surface area contributed by atoms with E-state index in [4.69, 9.17) is 20.0 Å². The van der Waals surface area contributed by atoms with Crippen LogP contribution in [0.3, 0.4) is 0 Å². The van der Waals surface area contributed by atoms with Gasteiger partial charge in [-0.2, -0.15) is 0 Å². The van der Waals surface area contributed by atoms with Crippen LogP contribution in [0.25, 0.3) is 0 Å². The van der Waals surface area contributed by atoms with Crippen LogP contribution in [0.2, 0.25) is 0 Å². The Kier molecular flexibility index (Phi) is 4.13. The molecule has 18 heavy (non-hydrogen) atoms. The van der Waals surface area contributed by atoms with Gasteiger partial charge in [-0.1, -0.05) is 0 Å². The highest BCUT2D eigenvalue weighted by Crippen LogP contribution is 2.23. The molecule has 1 aromatic heterocycles. The number of carboxylic acid groups (broad SMARTS) is 1. The van der Waals surface area contributed by atoms with Gasteiger partial charge >= 0.3 is 11.9 Å². The summed E-state index contributed by atoms with van der Waals surface area (Å²) in [5.74, 6) is -3.48. The van der Waals surface area contributed by atoms with Crippen molar-refractivity contribution in [1.82, 2.24) is 0 Å². The topological polar surface area (TPSA) is 103 Å². The van der Waals surface area contributed by atoms with E-state index in [9.17, 15) is 9.59 Å². The Hall–Kier alpha value is -1.82. The van der Waals surface area contributed by atoms with Crippen LogP contribution in [-0.4, -0.2) is 22.6 Å². The summed E-state index contributed by atoms with van der Waals surface area (Å²) in [7, 11) is 0. The number of hydrogen-bond acceptors (Lipinski definition) is 5. The molecule has 2 atom stereocenters. The van der Waals surface area contributed by atoms with Gasteiger partial charge in [-0.15, -0.1) is 0 Å². The lowest BCUT2D eigenvalue weighted by Gasteiger charge is -2.24. The molecule has 0 bridgehead atoms. The largest absolute Gasteiger partial charge is 0.481 e. The van der Waals surface area contributed by atoms with E-state index in [1.54, 1.807) is 26.8 Å². The number of hydrogen-bond donors (Lipinski definition) is 2. The van der Waals surface area contributed by atoms with Crippen LogP contribution in [0.5, 0.6) is 0 Å². The van der Waals surface area contributed by atoms with Crippen molar-refractivity contribution in [3.05, 3.63) is 24.2 Å². The van der Waals surface area contributed by atoms with Crippen LogP contribution < -0.4 is 5.73 Å². The van der Waals surface area contributed by atoms with Gasteiger partial charge in [-0.25, -0.2) is 0 Å². The van der Waals surface area contributed by atoms with E-state index in [2.05, 4.69) is 0 Å². The molecule has 6 nitrogen and oxygen atoms in total. The predicted octanol–water partition coefficient (Wildman–Crippen LogP) is 1.32. The number of nitrogens with two attached hydrogens (primary N) is 1. The fourth-order valence-electron chi connectivity index (χ4n) is 1.41. The van der Waals surface area contributed by atoms with Crippen LogP contribution in [0.15, 0.2) is 22.8 Å². The van der Waals surface area contributed by atoms with E-state index in [-0.39, 0.29) is 5.76 Å². The van der Waals surface area contributed by atoms with Crippen molar-refractivity contribution < 1.29 is 23.8 Å². The van der Waals surface area contributed by atoms with E-state index in [0.29, 0.717) is 0 Å². The van der Waals surface area contributed by atoms with Gasteiger partial charge in [0, 0.05) is 0 Å². The lowest BCUT2D eigenvalue weighted by molar-refractivity contribution is -0.168. The van der Waals surface area contributed by atoms with Crippen LogP contribution in [0, 0.1) is 5.92 Å². The molecular weight excluding hydrogens is 238 g/mol. The number of carbonyl (C=O) groups is 2. The van der Waals surface area contributed by atoms with Crippen molar-refractivity contribution in [2.24, 2.45) is 11.7 Å². The van der Waals surface area contributed by atoms with Gasteiger partial charge in [0.25, 0.3) is 0 Å². The van der Waals surface area contributed by atoms with Crippen LogP contribution >= 0.6 is 0 Å². The molecule has 100 valence electrons. The maximum Gasteiger partial charge on any atom is 0.322 e. The SMILES string of the molecule is CC(C)(C)OC(=O)[C@H](C(=O)O)C(N)c1ccco1. The second kappa shape index (κ2) is 5.22. The zero-order valence-corrected chi connectivity index (χ0v) is 10.5. The molecule has 0 amide bonds. The summed E-state index contributed by atoms with van der Waals surface area (Å²) in [4.78, 5) is 23.0. The zero-order chi connectivity index (χ0) is 13.9. The first-order valence-electron chi connectivity index (χ1n) is 5.47. The second-order valence-corrected chi connectivity index (χ2v) is 4.89. The van der Waals surface area contributed by atoms with E-state index in [0.717, 1.165) is 0 Å². The van der Waals surface area contributed by atoms with E-state index < -0.39 is 29.5 Å². The first-order chi connectivity index (χ1) is 8.22. The average molecular weight is 255 g/mol. The molecule has 0 aliphatic heterocycles. The first-order valence-corrected chi connectivity index (χ1v) is 5.47. The molecule has 1 aromatic rings. The molecule has 0 radical (unpaired) electrons. The lowest BCUT2D eigenvalue weighted by atomic mass is 9.98. The Labute approximate surface area is 105 Å². The monoisotopic (exact) mass is 255 g/mol. The number of furan rings is 1. The number of aliphatic carboxylic acids is 1. The Balaban J connectivity index is 2.90. The third-order valence-electron chi connectivity index (χ3n) is 2.16. The molecule has 1 heterocycles. The molecule has 3 N–H and O–H groups in total. The minimum absolute atomic E-state index is 0.230. The summed E-state index contributed by atoms with van der Waals surface area (Å²) in [6, 6.07) is 2.01. The molecule has 0 spiro atoms. The molecule has 0 saturated carbocycles. The van der Waals surface area contributed by atoms with E-state index >= 15 is 0 Å². The summed E-state index contributed by atoms with van der Waals surface area (Å²) in [6.45, 7) is 4.96. The fraction of sp³-hybridized carbons (Fsp3) is 0.500. The standard InChI is InChI=1S/C12H17NO5/c1-12(2,3)18-11(16)8(10(14)15)9(13)7-5-4-6-17-7/h4-6,8-9H,13H2,1-3H3,(H,14,15)/t8-,9?/m0/s1. The lowest BCUT2D eigenvalue weighted by Crippen LogP contribution is -2.39. The summed E-state index contributed by atoms with van der Waals surface area (Å²) in [6.07, 6.45) is 1.36. The molecule has 0 aliphatic rings. The molecule has 0 aromatic carbocycles. The number of esters is 1. The maximum atomic E-state index is 11.8. The predicted molar refractivity (Wildman–Crippen MR) is 62.6 cm³/mol. The van der Waals surface area contributed by atoms with Gasteiger partial charge in [0.1, 0.15) is 11.4 Å². The minimum Gasteiger partial charge on any atom is -0.481 e. The summed E-state index contributed by atoms with van der Waals surface area (Å²) >= 11 is 0. The zero-order valence-electron chi connectivity index (χ0n) is 10.5. The summed E-state index contributed by atoms with van der Waals surface area (Å²) in [5, 5.41) is 9.09. The molecular formula is C12H17NO5. The smallest absolute Gasteiger partial charge is 0.322 e. The highest BCUT2D eigenvalue weighted by molar-refractivity contribution is 5.95. The summed E-state index contributed by atoms with van der Waals surface area (Å²) in [5.41, 5.74) is 4.96. The van der Waals surface area contributed by atoms with E-state index in [1.165, 1.54) is 12.3 Å². The van der Waals surface area contributed by atoms with Crippen molar-refractivity contribution >= 4 is 11.9 Å². The van der Waals surface area contributed by atoms with Crippen molar-refractivity contribution in [3.8, 4) is 0 Å². The van der Waals surface area contributed by atoms with Crippen molar-refractivity contribution in [2.45, 2.75) is 32.4 Å². The Morgan fingerprint density at radius 1 is 1.44 bits per heavy atom. The van der Waals surface area contributed by atoms with Crippen molar-refractivity contribution in [1.29, 1.82) is 0 Å². The molecule has 6 heteroatoms. The maximum absolute atomic E-state index is 11.8. The number of rotatable bonds is 4. The quantitative estimate of drug-likeness (QED) is 0.621. The third-order valence-corrected chi connectivity index (χ3v) is 2.16.